The van der Waals surface area contributed by atoms with Crippen LogP contribution < -0.4 is 10.6 Å². The maximum absolute atomic E-state index is 14.7. The van der Waals surface area contributed by atoms with Crippen molar-refractivity contribution < 1.29 is 18.8 Å². The summed E-state index contributed by atoms with van der Waals surface area (Å²) < 4.78 is 16.4. The summed E-state index contributed by atoms with van der Waals surface area (Å²) >= 11 is 6.00. The molecule has 1 aromatic heterocycles. The van der Waals surface area contributed by atoms with Crippen molar-refractivity contribution in [1.29, 1.82) is 0 Å². The average molecular weight is 547 g/mol. The van der Waals surface area contributed by atoms with Gasteiger partial charge in [0.2, 0.25) is 11.8 Å². The molecule has 38 heavy (non-hydrogen) atoms. The lowest BCUT2D eigenvalue weighted by Gasteiger charge is -2.32. The first-order valence-electron chi connectivity index (χ1n) is 13.3. The molecule has 1 saturated heterocycles. The second-order valence-electron chi connectivity index (χ2n) is 10.4. The number of hydrogen-bond acceptors (Lipinski definition) is 5. The van der Waals surface area contributed by atoms with E-state index in [1.165, 1.54) is 11.0 Å². The largest absolute Gasteiger partial charge is 0.355 e. The number of carbonyl (C=O) groups excluding carboxylic acids is 3. The van der Waals surface area contributed by atoms with Gasteiger partial charge in [0.25, 0.3) is 5.91 Å². The minimum Gasteiger partial charge on any atom is -0.355 e. The first-order valence-corrected chi connectivity index (χ1v) is 13.7. The molecule has 9 nitrogen and oxygen atoms in total. The van der Waals surface area contributed by atoms with Crippen LogP contribution in [0.1, 0.15) is 49.0 Å². The SMILES string of the molecule is CC(C)[C@@H]1CN(CCn2cc(Cl)cn2)CC(=O)NCCCc2ccc(F)c(c2)C(=O)N2CCC[C@H]2C(=O)N1. The summed E-state index contributed by atoms with van der Waals surface area (Å²) in [6, 6.07) is 3.62. The van der Waals surface area contributed by atoms with Crippen molar-refractivity contribution in [3.63, 3.8) is 0 Å². The lowest BCUT2D eigenvalue weighted by molar-refractivity contribution is -0.126. The number of rotatable bonds is 4. The second kappa shape index (κ2) is 12.7. The summed E-state index contributed by atoms with van der Waals surface area (Å²) in [5.41, 5.74) is 0.800. The average Bonchev–Trinajstić information content (AvgIpc) is 3.53. The number of nitrogens with zero attached hydrogens (tertiary/aromatic N) is 4. The van der Waals surface area contributed by atoms with Gasteiger partial charge in [-0.05, 0) is 49.3 Å². The molecular formula is C27H36ClFN6O3. The van der Waals surface area contributed by atoms with Gasteiger partial charge in [-0.25, -0.2) is 4.39 Å². The quantitative estimate of drug-likeness (QED) is 0.614. The van der Waals surface area contributed by atoms with Gasteiger partial charge in [0, 0.05) is 38.4 Å². The van der Waals surface area contributed by atoms with Crippen LogP contribution in [0.15, 0.2) is 30.6 Å². The minimum atomic E-state index is -0.662. The Balaban J connectivity index is 1.57. The van der Waals surface area contributed by atoms with Gasteiger partial charge in [0.05, 0.1) is 29.9 Å². The molecule has 3 heterocycles. The molecule has 11 heteroatoms. The standard InChI is InChI=1S/C27H36ClFN6O3/c1-18(2)23-16-33(11-12-34-15-20(28)14-31-34)17-25(36)30-9-3-5-19-7-8-22(29)21(13-19)27(38)35-10-4-6-24(35)26(37)32-23/h7-8,13-15,18,23-24H,3-6,9-12,16-17H2,1-2H3,(H,30,36)(H,32,37)/t23-,24-/m0/s1. The Bertz CT molecular complexity index is 1160. The first-order chi connectivity index (χ1) is 18.2. The molecule has 0 saturated carbocycles. The Labute approximate surface area is 227 Å². The van der Waals surface area contributed by atoms with Crippen molar-refractivity contribution >= 4 is 29.3 Å². The number of aryl methyl sites for hydroxylation is 1. The van der Waals surface area contributed by atoms with E-state index in [0.29, 0.717) is 63.4 Å². The highest BCUT2D eigenvalue weighted by Gasteiger charge is 2.37. The van der Waals surface area contributed by atoms with Gasteiger partial charge in [-0.15, -0.1) is 0 Å². The van der Waals surface area contributed by atoms with Crippen LogP contribution in [0, 0.1) is 11.7 Å². The third-order valence-corrected chi connectivity index (χ3v) is 7.44. The third-order valence-electron chi connectivity index (χ3n) is 7.24. The van der Waals surface area contributed by atoms with Crippen molar-refractivity contribution in [1.82, 2.24) is 30.2 Å². The van der Waals surface area contributed by atoms with E-state index in [4.69, 9.17) is 11.6 Å². The summed E-state index contributed by atoms with van der Waals surface area (Å²) in [4.78, 5) is 43.1. The molecule has 2 aliphatic rings. The minimum absolute atomic E-state index is 0.0131. The van der Waals surface area contributed by atoms with Crippen molar-refractivity contribution in [2.24, 2.45) is 5.92 Å². The molecule has 4 rings (SSSR count). The molecule has 3 amide bonds. The van der Waals surface area contributed by atoms with E-state index in [2.05, 4.69) is 15.7 Å². The number of carbonyl (C=O) groups is 3. The summed E-state index contributed by atoms with van der Waals surface area (Å²) in [6.45, 7) is 6.57. The van der Waals surface area contributed by atoms with Crippen molar-refractivity contribution in [2.45, 2.75) is 58.2 Å². The van der Waals surface area contributed by atoms with E-state index in [1.54, 1.807) is 29.2 Å². The molecule has 0 spiro atoms. The monoisotopic (exact) mass is 546 g/mol. The Hall–Kier alpha value is -2.98. The predicted molar refractivity (Wildman–Crippen MR) is 142 cm³/mol. The molecule has 0 unspecified atom stereocenters. The fraction of sp³-hybridized carbons (Fsp3) is 0.556. The van der Waals surface area contributed by atoms with Gasteiger partial charge < -0.3 is 15.5 Å². The maximum atomic E-state index is 14.7. The molecule has 2 N–H and O–H groups in total. The Morgan fingerprint density at radius 2 is 2.00 bits per heavy atom. The van der Waals surface area contributed by atoms with E-state index >= 15 is 0 Å². The summed E-state index contributed by atoms with van der Waals surface area (Å²) in [5, 5.41) is 10.9. The number of fused-ring (bicyclic) bond motifs is 3. The lowest BCUT2D eigenvalue weighted by atomic mass is 10.0. The van der Waals surface area contributed by atoms with Crippen molar-refractivity contribution in [3.8, 4) is 0 Å². The summed E-state index contributed by atoms with van der Waals surface area (Å²) in [6.07, 6.45) is 5.73. The number of aromatic nitrogens is 2. The zero-order valence-corrected chi connectivity index (χ0v) is 22.7. The molecule has 0 radical (unpaired) electrons. The molecule has 0 aliphatic carbocycles. The van der Waals surface area contributed by atoms with E-state index in [0.717, 1.165) is 5.56 Å². The smallest absolute Gasteiger partial charge is 0.257 e. The Morgan fingerprint density at radius 3 is 2.74 bits per heavy atom. The Morgan fingerprint density at radius 1 is 1.18 bits per heavy atom. The van der Waals surface area contributed by atoms with Crippen LogP contribution in [0.25, 0.3) is 0 Å². The second-order valence-corrected chi connectivity index (χ2v) is 10.9. The molecule has 2 aliphatic heterocycles. The number of benzene rings is 1. The maximum Gasteiger partial charge on any atom is 0.257 e. The highest BCUT2D eigenvalue weighted by atomic mass is 35.5. The fourth-order valence-electron chi connectivity index (χ4n) is 5.03. The van der Waals surface area contributed by atoms with E-state index in [9.17, 15) is 18.8 Å². The van der Waals surface area contributed by atoms with Crippen molar-refractivity contribution in [3.05, 3.63) is 52.6 Å². The number of hydrogen-bond donors (Lipinski definition) is 2. The molecule has 1 fully saturated rings. The van der Waals surface area contributed by atoms with Gasteiger partial charge >= 0.3 is 0 Å². The molecule has 2 bridgehead atoms. The Kier molecular flexibility index (Phi) is 9.38. The topological polar surface area (TPSA) is 99.6 Å². The molecule has 2 atom stereocenters. The van der Waals surface area contributed by atoms with E-state index in [-0.39, 0.29) is 35.9 Å². The van der Waals surface area contributed by atoms with Gasteiger partial charge in [0.15, 0.2) is 0 Å². The number of amides is 3. The predicted octanol–water partition coefficient (Wildman–Crippen LogP) is 2.49. The number of halogens is 2. The zero-order chi connectivity index (χ0) is 27.2. The highest BCUT2D eigenvalue weighted by Crippen LogP contribution is 2.23. The highest BCUT2D eigenvalue weighted by molar-refractivity contribution is 6.30. The van der Waals surface area contributed by atoms with Crippen LogP contribution in [-0.2, 0) is 22.6 Å². The molecule has 2 aromatic rings. The molecule has 1 aromatic carbocycles. The van der Waals surface area contributed by atoms with Crippen LogP contribution in [0.2, 0.25) is 5.02 Å². The van der Waals surface area contributed by atoms with E-state index < -0.39 is 17.8 Å². The van der Waals surface area contributed by atoms with Crippen LogP contribution >= 0.6 is 11.6 Å². The van der Waals surface area contributed by atoms with E-state index in [1.807, 2.05) is 18.7 Å². The fourth-order valence-corrected chi connectivity index (χ4v) is 5.18. The first kappa shape index (κ1) is 28.0. The van der Waals surface area contributed by atoms with Crippen LogP contribution in [0.5, 0.6) is 0 Å². The van der Waals surface area contributed by atoms with Gasteiger partial charge in [-0.3, -0.25) is 24.0 Å². The van der Waals surface area contributed by atoms with Gasteiger partial charge in [0.1, 0.15) is 11.9 Å². The normalized spacial score (nSPS) is 22.2. The third kappa shape index (κ3) is 7.11. The summed E-state index contributed by atoms with van der Waals surface area (Å²) in [7, 11) is 0. The lowest BCUT2D eigenvalue weighted by Crippen LogP contribution is -2.54. The zero-order valence-electron chi connectivity index (χ0n) is 22.0. The number of nitrogens with one attached hydrogen (secondary N) is 2. The molecular weight excluding hydrogens is 511 g/mol. The molecule has 206 valence electrons. The van der Waals surface area contributed by atoms with Crippen LogP contribution in [0.4, 0.5) is 4.39 Å². The van der Waals surface area contributed by atoms with Crippen molar-refractivity contribution in [2.75, 3.05) is 32.7 Å². The van der Waals surface area contributed by atoms with Crippen LogP contribution in [0.3, 0.4) is 0 Å². The van der Waals surface area contributed by atoms with Gasteiger partial charge in [-0.2, -0.15) is 5.10 Å². The van der Waals surface area contributed by atoms with Crippen LogP contribution in [-0.4, -0.2) is 82.1 Å². The van der Waals surface area contributed by atoms with Gasteiger partial charge in [-0.1, -0.05) is 31.5 Å². The summed E-state index contributed by atoms with van der Waals surface area (Å²) in [5.74, 6) is -1.34.